The zero-order valence-corrected chi connectivity index (χ0v) is 13.3. The van der Waals surface area contributed by atoms with Gasteiger partial charge in [-0.3, -0.25) is 4.79 Å². The Kier molecular flexibility index (Phi) is 3.33. The summed E-state index contributed by atoms with van der Waals surface area (Å²) in [6, 6.07) is 6.81. The Bertz CT molecular complexity index is 703. The molecule has 2 atom stereocenters. The number of aryl methyl sites for hydroxylation is 1. The van der Waals surface area contributed by atoms with E-state index in [0.717, 1.165) is 29.3 Å². The van der Waals surface area contributed by atoms with Crippen molar-refractivity contribution in [2.45, 2.75) is 44.9 Å². The van der Waals surface area contributed by atoms with Crippen molar-refractivity contribution >= 4 is 27.8 Å². The number of benzene rings is 1. The third kappa shape index (κ3) is 2.32. The van der Waals surface area contributed by atoms with E-state index < -0.39 is 0 Å². The van der Waals surface area contributed by atoms with Gasteiger partial charge in [-0.05, 0) is 54.4 Å². The molecular weight excluding hydrogens is 278 g/mol. The van der Waals surface area contributed by atoms with Gasteiger partial charge >= 0.3 is 0 Å². The zero-order chi connectivity index (χ0) is 14.4. The summed E-state index contributed by atoms with van der Waals surface area (Å²) >= 11 is 1.44. The molecule has 21 heavy (non-hydrogen) atoms. The highest BCUT2D eigenvalue weighted by molar-refractivity contribution is 8.14. The van der Waals surface area contributed by atoms with Crippen molar-refractivity contribution in [2.75, 3.05) is 5.75 Å². The number of aromatic amines is 1. The first-order valence-corrected chi connectivity index (χ1v) is 9.02. The van der Waals surface area contributed by atoms with Crippen LogP contribution in [0.3, 0.4) is 0 Å². The quantitative estimate of drug-likeness (QED) is 0.813. The lowest BCUT2D eigenvalue weighted by Gasteiger charge is -2.27. The van der Waals surface area contributed by atoms with Crippen LogP contribution in [0.4, 0.5) is 0 Å². The molecule has 1 saturated carbocycles. The molecule has 2 nitrogen and oxygen atoms in total. The third-order valence-corrected chi connectivity index (χ3v) is 6.00. The van der Waals surface area contributed by atoms with E-state index in [0.29, 0.717) is 5.92 Å². The molecule has 1 N–H and O–H groups in total. The SMILES string of the molecule is CC1CCCC(c2ccc3[nH]c4c(c3c2)CCSC4=O)C1. The summed E-state index contributed by atoms with van der Waals surface area (Å²) < 4.78 is 0. The summed E-state index contributed by atoms with van der Waals surface area (Å²) in [4.78, 5) is 15.4. The molecule has 3 heteroatoms. The predicted octanol–water partition coefficient (Wildman–Crippen LogP) is 4.89. The largest absolute Gasteiger partial charge is 0.351 e. The number of aromatic nitrogens is 1. The van der Waals surface area contributed by atoms with E-state index >= 15 is 0 Å². The maximum atomic E-state index is 12.0. The van der Waals surface area contributed by atoms with Crippen LogP contribution < -0.4 is 0 Å². The van der Waals surface area contributed by atoms with Crippen LogP contribution in [0.5, 0.6) is 0 Å². The van der Waals surface area contributed by atoms with E-state index in [1.54, 1.807) is 0 Å². The van der Waals surface area contributed by atoms with Crippen LogP contribution in [0.15, 0.2) is 18.2 Å². The topological polar surface area (TPSA) is 32.9 Å². The molecular formula is C18H21NOS. The highest BCUT2D eigenvalue weighted by Crippen LogP contribution is 2.38. The van der Waals surface area contributed by atoms with Gasteiger partial charge in [0.15, 0.2) is 0 Å². The van der Waals surface area contributed by atoms with Gasteiger partial charge in [-0.15, -0.1) is 0 Å². The van der Waals surface area contributed by atoms with Gasteiger partial charge in [-0.25, -0.2) is 0 Å². The second-order valence-corrected chi connectivity index (χ2v) is 7.71. The normalized spacial score (nSPS) is 26.0. The maximum Gasteiger partial charge on any atom is 0.235 e. The lowest BCUT2D eigenvalue weighted by atomic mass is 9.78. The van der Waals surface area contributed by atoms with Gasteiger partial charge in [0, 0.05) is 16.7 Å². The Balaban J connectivity index is 1.77. The maximum absolute atomic E-state index is 12.0. The monoisotopic (exact) mass is 299 g/mol. The Morgan fingerprint density at radius 2 is 2.19 bits per heavy atom. The lowest BCUT2D eigenvalue weighted by Crippen LogP contribution is -2.11. The van der Waals surface area contributed by atoms with E-state index in [4.69, 9.17) is 0 Å². The van der Waals surface area contributed by atoms with Crippen LogP contribution >= 0.6 is 11.8 Å². The van der Waals surface area contributed by atoms with E-state index in [-0.39, 0.29) is 5.12 Å². The van der Waals surface area contributed by atoms with Gasteiger partial charge in [0.2, 0.25) is 5.12 Å². The van der Waals surface area contributed by atoms with Gasteiger partial charge in [-0.1, -0.05) is 37.6 Å². The molecule has 110 valence electrons. The van der Waals surface area contributed by atoms with Crippen molar-refractivity contribution in [3.05, 3.63) is 35.0 Å². The van der Waals surface area contributed by atoms with Gasteiger partial charge in [0.1, 0.15) is 0 Å². The number of carbonyl (C=O) groups is 1. The Labute approximate surface area is 129 Å². The van der Waals surface area contributed by atoms with Crippen molar-refractivity contribution in [2.24, 2.45) is 5.92 Å². The molecule has 0 saturated heterocycles. The van der Waals surface area contributed by atoms with Crippen molar-refractivity contribution in [1.29, 1.82) is 0 Å². The van der Waals surface area contributed by atoms with Crippen molar-refractivity contribution < 1.29 is 4.79 Å². The summed E-state index contributed by atoms with van der Waals surface area (Å²) in [7, 11) is 0. The number of hydrogen-bond acceptors (Lipinski definition) is 2. The Morgan fingerprint density at radius 1 is 1.29 bits per heavy atom. The number of hydrogen-bond donors (Lipinski definition) is 1. The van der Waals surface area contributed by atoms with Gasteiger partial charge in [-0.2, -0.15) is 0 Å². The minimum Gasteiger partial charge on any atom is -0.351 e. The Morgan fingerprint density at radius 3 is 3.05 bits per heavy atom. The molecule has 2 unspecified atom stereocenters. The standard InChI is InChI=1S/C18H21NOS/c1-11-3-2-4-12(9-11)13-5-6-16-15(10-13)14-7-8-21-18(20)17(14)19-16/h5-6,10-12,19H,2-4,7-9H2,1H3. The molecule has 0 radical (unpaired) electrons. The van der Waals surface area contributed by atoms with E-state index in [2.05, 4.69) is 30.1 Å². The molecule has 4 rings (SSSR count). The molecule has 1 aliphatic heterocycles. The van der Waals surface area contributed by atoms with Gasteiger partial charge in [0.25, 0.3) is 0 Å². The van der Waals surface area contributed by atoms with Crippen LogP contribution in [0, 0.1) is 5.92 Å². The first-order chi connectivity index (χ1) is 10.2. The molecule has 2 aliphatic rings. The molecule has 0 amide bonds. The van der Waals surface area contributed by atoms with Crippen LogP contribution in [-0.4, -0.2) is 15.9 Å². The summed E-state index contributed by atoms with van der Waals surface area (Å²) in [6.45, 7) is 2.37. The second-order valence-electron chi connectivity index (χ2n) is 6.64. The minimum atomic E-state index is 0.209. The summed E-state index contributed by atoms with van der Waals surface area (Å²) in [6.07, 6.45) is 6.37. The fourth-order valence-corrected chi connectivity index (χ4v) is 4.82. The average molecular weight is 299 g/mol. The van der Waals surface area contributed by atoms with Crippen molar-refractivity contribution in [3.63, 3.8) is 0 Å². The molecule has 1 aliphatic carbocycles. The molecule has 2 heterocycles. The zero-order valence-electron chi connectivity index (χ0n) is 12.4. The first kappa shape index (κ1) is 13.4. The minimum absolute atomic E-state index is 0.209. The van der Waals surface area contributed by atoms with Crippen molar-refractivity contribution in [1.82, 2.24) is 4.98 Å². The molecule has 1 fully saturated rings. The van der Waals surface area contributed by atoms with Crippen LogP contribution in [0.25, 0.3) is 10.9 Å². The molecule has 0 spiro atoms. The van der Waals surface area contributed by atoms with Gasteiger partial charge in [0.05, 0.1) is 5.69 Å². The lowest BCUT2D eigenvalue weighted by molar-refractivity contribution is 0.108. The molecule has 1 aromatic heterocycles. The third-order valence-electron chi connectivity index (χ3n) is 5.13. The fraction of sp³-hybridized carbons (Fsp3) is 0.500. The fourth-order valence-electron chi connectivity index (χ4n) is 4.01. The Hall–Kier alpha value is -1.22. The summed E-state index contributed by atoms with van der Waals surface area (Å²) in [5, 5.41) is 1.50. The molecule has 2 aromatic rings. The van der Waals surface area contributed by atoms with Crippen molar-refractivity contribution in [3.8, 4) is 0 Å². The number of rotatable bonds is 1. The highest BCUT2D eigenvalue weighted by Gasteiger charge is 2.24. The molecule has 0 bridgehead atoms. The predicted molar refractivity (Wildman–Crippen MR) is 89.2 cm³/mol. The summed E-state index contributed by atoms with van der Waals surface area (Å²) in [5.41, 5.74) is 4.69. The van der Waals surface area contributed by atoms with Crippen LogP contribution in [-0.2, 0) is 6.42 Å². The first-order valence-electron chi connectivity index (χ1n) is 8.04. The summed E-state index contributed by atoms with van der Waals surface area (Å²) in [5.74, 6) is 2.47. The van der Waals surface area contributed by atoms with Crippen LogP contribution in [0.1, 0.15) is 60.1 Å². The smallest absolute Gasteiger partial charge is 0.235 e. The number of nitrogens with one attached hydrogen (secondary N) is 1. The second kappa shape index (κ2) is 5.20. The number of H-pyrrole nitrogens is 1. The van der Waals surface area contributed by atoms with Gasteiger partial charge < -0.3 is 4.98 Å². The van der Waals surface area contributed by atoms with E-state index in [1.165, 1.54) is 54.0 Å². The number of thioether (sulfide) groups is 1. The van der Waals surface area contributed by atoms with E-state index in [1.807, 2.05) is 0 Å². The van der Waals surface area contributed by atoms with E-state index in [9.17, 15) is 4.79 Å². The van der Waals surface area contributed by atoms with Crippen LogP contribution in [0.2, 0.25) is 0 Å². The molecule has 1 aromatic carbocycles. The number of carbonyl (C=O) groups excluding carboxylic acids is 1. The average Bonchev–Trinajstić information content (AvgIpc) is 2.87. The number of fused-ring (bicyclic) bond motifs is 3. The highest BCUT2D eigenvalue weighted by atomic mass is 32.2.